The lowest BCUT2D eigenvalue weighted by Crippen LogP contribution is -2.13. The lowest BCUT2D eigenvalue weighted by molar-refractivity contribution is -0.0327. The number of anilines is 1. The van der Waals surface area contributed by atoms with Crippen molar-refractivity contribution in [2.24, 2.45) is 0 Å². The van der Waals surface area contributed by atoms with Gasteiger partial charge in [-0.15, -0.1) is 0 Å². The maximum absolute atomic E-state index is 13.0. The lowest BCUT2D eigenvalue weighted by Gasteiger charge is -2.10. The summed E-state index contributed by atoms with van der Waals surface area (Å²) in [5.41, 5.74) is -5.67. The van der Waals surface area contributed by atoms with Crippen molar-refractivity contribution in [3.8, 4) is 0 Å². The van der Waals surface area contributed by atoms with Gasteiger partial charge < -0.3 is 5.32 Å². The van der Waals surface area contributed by atoms with Gasteiger partial charge in [0.15, 0.2) is 0 Å². The minimum atomic E-state index is -4.49. The average molecular weight is 294 g/mol. The van der Waals surface area contributed by atoms with E-state index in [0.29, 0.717) is 0 Å². The van der Waals surface area contributed by atoms with Gasteiger partial charge in [0.25, 0.3) is 11.9 Å². The third-order valence-electron chi connectivity index (χ3n) is 1.67. The third kappa shape index (κ3) is 3.93. The van der Waals surface area contributed by atoms with Gasteiger partial charge in [0.2, 0.25) is 11.6 Å². The van der Waals surface area contributed by atoms with E-state index in [2.05, 4.69) is 4.98 Å². The highest BCUT2D eigenvalue weighted by Gasteiger charge is 2.27. The molecule has 0 radical (unpaired) electrons. The minimum Gasteiger partial charge on any atom is -0.379 e. The van der Waals surface area contributed by atoms with Gasteiger partial charge in [-0.1, -0.05) is 0 Å². The molecular formula is C8H5F7N2S. The van der Waals surface area contributed by atoms with Crippen LogP contribution in [0.5, 0.6) is 0 Å². The van der Waals surface area contributed by atoms with E-state index in [9.17, 15) is 30.7 Å². The van der Waals surface area contributed by atoms with E-state index in [-0.39, 0.29) is 0 Å². The molecule has 1 aromatic heterocycles. The van der Waals surface area contributed by atoms with Gasteiger partial charge in [-0.05, 0) is 11.8 Å². The largest absolute Gasteiger partial charge is 0.441 e. The van der Waals surface area contributed by atoms with E-state index in [4.69, 9.17) is 0 Å². The van der Waals surface area contributed by atoms with Gasteiger partial charge >= 0.3 is 5.51 Å². The van der Waals surface area contributed by atoms with Crippen LogP contribution in [0.1, 0.15) is 0 Å². The molecule has 0 unspecified atom stereocenters. The first kappa shape index (κ1) is 14.9. The smallest absolute Gasteiger partial charge is 0.379 e. The van der Waals surface area contributed by atoms with Crippen LogP contribution in [0.15, 0.2) is 0 Å². The van der Waals surface area contributed by atoms with Crippen molar-refractivity contribution in [2.75, 3.05) is 17.6 Å². The summed E-state index contributed by atoms with van der Waals surface area (Å²) < 4.78 is 86.3. The van der Waals surface area contributed by atoms with Crippen molar-refractivity contribution in [1.82, 2.24) is 4.98 Å². The second-order valence-electron chi connectivity index (χ2n) is 2.92. The number of nitrogens with one attached hydrogen (secondary N) is 1. The Morgan fingerprint density at radius 2 is 1.50 bits per heavy atom. The Morgan fingerprint density at radius 1 is 1.00 bits per heavy atom. The van der Waals surface area contributed by atoms with Crippen LogP contribution in [-0.2, 0) is 0 Å². The maximum atomic E-state index is 13.0. The molecule has 10 heteroatoms. The summed E-state index contributed by atoms with van der Waals surface area (Å²) in [6.45, 7) is -0.527. The summed E-state index contributed by atoms with van der Waals surface area (Å²) in [7, 11) is 0. The molecule has 0 aliphatic heterocycles. The van der Waals surface area contributed by atoms with Crippen LogP contribution < -0.4 is 5.32 Å². The molecule has 0 fully saturated rings. The summed E-state index contributed by atoms with van der Waals surface area (Å²) in [5.74, 6) is -7.90. The Labute approximate surface area is 101 Å². The van der Waals surface area contributed by atoms with E-state index in [1.54, 1.807) is 0 Å². The molecule has 0 aliphatic carbocycles. The number of halogens is 7. The zero-order chi connectivity index (χ0) is 13.9. The minimum absolute atomic E-state index is 0.438. The van der Waals surface area contributed by atoms with Crippen molar-refractivity contribution in [2.45, 2.75) is 5.51 Å². The monoisotopic (exact) mass is 294 g/mol. The number of rotatable bonds is 4. The normalized spacial score (nSPS) is 11.7. The summed E-state index contributed by atoms with van der Waals surface area (Å²) in [4.78, 5) is 2.29. The Kier molecular flexibility index (Phi) is 4.65. The van der Waals surface area contributed by atoms with Crippen LogP contribution in [0.25, 0.3) is 0 Å². The number of alkyl halides is 3. The Balaban J connectivity index is 2.68. The third-order valence-corrected chi connectivity index (χ3v) is 2.40. The fourth-order valence-corrected chi connectivity index (χ4v) is 1.42. The molecule has 0 amide bonds. The summed E-state index contributed by atoms with van der Waals surface area (Å²) in [6.07, 6.45) is 0. The summed E-state index contributed by atoms with van der Waals surface area (Å²) in [5, 5.41) is 1.84. The topological polar surface area (TPSA) is 24.9 Å². The molecule has 1 heterocycles. The van der Waals surface area contributed by atoms with E-state index in [1.165, 1.54) is 0 Å². The Bertz CT molecular complexity index is 408. The maximum Gasteiger partial charge on any atom is 0.441 e. The number of pyridine rings is 1. The number of nitrogens with zero attached hydrogens (tertiary/aromatic N) is 1. The highest BCUT2D eigenvalue weighted by atomic mass is 32.2. The van der Waals surface area contributed by atoms with Crippen molar-refractivity contribution < 1.29 is 30.7 Å². The van der Waals surface area contributed by atoms with Gasteiger partial charge in [0.05, 0.1) is 0 Å². The highest BCUT2D eigenvalue weighted by Crippen LogP contribution is 2.30. The van der Waals surface area contributed by atoms with Crippen LogP contribution >= 0.6 is 11.8 Å². The number of thioether (sulfide) groups is 1. The van der Waals surface area contributed by atoms with Crippen LogP contribution in [0.2, 0.25) is 0 Å². The Hall–Kier alpha value is -1.19. The zero-order valence-corrected chi connectivity index (χ0v) is 9.23. The standard InChI is InChI=1S/C8H5F7N2S/c9-3-5(4(10)7(12)17-6(3)11)16-1-2-18-8(13,14)15/h1-2H2,(H,16,17). The fraction of sp³-hybridized carbons (Fsp3) is 0.375. The van der Waals surface area contributed by atoms with Crippen LogP contribution in [0.4, 0.5) is 36.4 Å². The van der Waals surface area contributed by atoms with E-state index >= 15 is 0 Å². The molecular weight excluding hydrogens is 289 g/mol. The van der Waals surface area contributed by atoms with E-state index in [0.717, 1.165) is 0 Å². The van der Waals surface area contributed by atoms with Gasteiger partial charge in [-0.25, -0.2) is 0 Å². The fourth-order valence-electron chi connectivity index (χ4n) is 0.985. The van der Waals surface area contributed by atoms with Crippen molar-refractivity contribution in [3.05, 3.63) is 23.5 Å². The molecule has 0 aliphatic rings. The first-order valence-corrected chi connectivity index (χ1v) is 5.35. The predicted octanol–water partition coefficient (Wildman–Crippen LogP) is 3.30. The first-order chi connectivity index (χ1) is 8.22. The second kappa shape index (κ2) is 5.63. The molecule has 0 spiro atoms. The molecule has 2 nitrogen and oxygen atoms in total. The number of hydrogen-bond acceptors (Lipinski definition) is 3. The molecule has 1 rings (SSSR count). The van der Waals surface area contributed by atoms with Crippen LogP contribution in [-0.4, -0.2) is 22.8 Å². The molecule has 0 bridgehead atoms. The van der Waals surface area contributed by atoms with Crippen LogP contribution in [0, 0.1) is 23.5 Å². The van der Waals surface area contributed by atoms with E-state index < -0.39 is 58.8 Å². The van der Waals surface area contributed by atoms with Gasteiger partial charge in [-0.3, -0.25) is 0 Å². The molecule has 0 saturated carbocycles. The summed E-state index contributed by atoms with van der Waals surface area (Å²) in [6, 6.07) is 0. The Morgan fingerprint density at radius 3 is 1.94 bits per heavy atom. The molecule has 18 heavy (non-hydrogen) atoms. The number of aromatic nitrogens is 1. The molecule has 102 valence electrons. The molecule has 0 atom stereocenters. The highest BCUT2D eigenvalue weighted by molar-refractivity contribution is 8.00. The first-order valence-electron chi connectivity index (χ1n) is 4.37. The molecule has 1 N–H and O–H groups in total. The van der Waals surface area contributed by atoms with Crippen molar-refractivity contribution in [3.63, 3.8) is 0 Å². The number of hydrogen-bond donors (Lipinski definition) is 1. The second-order valence-corrected chi connectivity index (χ2v) is 4.08. The quantitative estimate of drug-likeness (QED) is 0.524. The molecule has 1 aromatic rings. The zero-order valence-electron chi connectivity index (χ0n) is 8.42. The van der Waals surface area contributed by atoms with Gasteiger partial charge in [0.1, 0.15) is 5.69 Å². The van der Waals surface area contributed by atoms with Crippen molar-refractivity contribution in [1.29, 1.82) is 0 Å². The molecule has 0 aromatic carbocycles. The lowest BCUT2D eigenvalue weighted by atomic mass is 10.3. The van der Waals surface area contributed by atoms with Gasteiger partial charge in [0, 0.05) is 12.3 Å². The van der Waals surface area contributed by atoms with Crippen molar-refractivity contribution >= 4 is 17.4 Å². The predicted molar refractivity (Wildman–Crippen MR) is 51.1 cm³/mol. The van der Waals surface area contributed by atoms with Gasteiger partial charge in [-0.2, -0.15) is 35.7 Å². The SMILES string of the molecule is Fc1nc(F)c(F)c(NCCSC(F)(F)F)c1F. The average Bonchev–Trinajstić information content (AvgIpc) is 2.24. The molecule has 0 saturated heterocycles. The van der Waals surface area contributed by atoms with Crippen LogP contribution in [0.3, 0.4) is 0 Å². The summed E-state index contributed by atoms with van der Waals surface area (Å²) >= 11 is -0.438. The van der Waals surface area contributed by atoms with E-state index in [1.807, 2.05) is 5.32 Å².